The molecule has 0 unspecified atom stereocenters. The van der Waals surface area contributed by atoms with Crippen LogP contribution in [0, 0.1) is 6.92 Å². The van der Waals surface area contributed by atoms with Crippen LogP contribution in [-0.2, 0) is 6.54 Å². The fourth-order valence-corrected chi connectivity index (χ4v) is 2.43. The molecule has 1 aromatic rings. The lowest BCUT2D eigenvalue weighted by Gasteiger charge is -2.17. The van der Waals surface area contributed by atoms with Crippen molar-refractivity contribution >= 4 is 36.2 Å². The summed E-state index contributed by atoms with van der Waals surface area (Å²) < 4.78 is 0. The minimum atomic E-state index is 0. The molecule has 0 radical (unpaired) electrons. The average Bonchev–Trinajstić information content (AvgIpc) is 2.65. The van der Waals surface area contributed by atoms with Crippen LogP contribution in [0.4, 0.5) is 0 Å². The molecule has 1 aromatic heterocycles. The minimum absolute atomic E-state index is 0. The number of likely N-dealkylation sites (N-methyl/N-ethyl adjacent to an activating group) is 1. The molecule has 0 bridgehead atoms. The molecule has 0 aliphatic rings. The number of hydrogen-bond acceptors (Lipinski definition) is 3. The standard InChI is InChI=1S/C12H22N2S.2ClH/c1-4-14(5-2)9-8-13-10-12-7-6-11(3)15-12;;/h6-7,13H,4-5,8-10H2,1-3H3;2*1H. The van der Waals surface area contributed by atoms with Crippen molar-refractivity contribution in [1.82, 2.24) is 10.2 Å². The van der Waals surface area contributed by atoms with Crippen molar-refractivity contribution in [2.75, 3.05) is 26.2 Å². The molecule has 0 saturated carbocycles. The third-order valence-corrected chi connectivity index (χ3v) is 3.60. The van der Waals surface area contributed by atoms with Gasteiger partial charge in [-0.1, -0.05) is 13.8 Å². The van der Waals surface area contributed by atoms with Gasteiger partial charge < -0.3 is 10.2 Å². The molecule has 0 aliphatic carbocycles. The molecule has 17 heavy (non-hydrogen) atoms. The van der Waals surface area contributed by atoms with Crippen molar-refractivity contribution in [3.63, 3.8) is 0 Å². The maximum atomic E-state index is 3.48. The van der Waals surface area contributed by atoms with Gasteiger partial charge in [-0.3, -0.25) is 0 Å². The molecular formula is C12H24Cl2N2S. The van der Waals surface area contributed by atoms with E-state index in [9.17, 15) is 0 Å². The van der Waals surface area contributed by atoms with Gasteiger partial charge in [0.2, 0.25) is 0 Å². The number of hydrogen-bond donors (Lipinski definition) is 1. The number of rotatable bonds is 7. The van der Waals surface area contributed by atoms with Gasteiger partial charge in [-0.15, -0.1) is 36.2 Å². The zero-order chi connectivity index (χ0) is 11.1. The largest absolute Gasteiger partial charge is 0.311 e. The second-order valence-electron chi connectivity index (χ2n) is 3.72. The molecule has 5 heteroatoms. The summed E-state index contributed by atoms with van der Waals surface area (Å²) in [5.41, 5.74) is 0. The lowest BCUT2D eigenvalue weighted by Crippen LogP contribution is -2.31. The molecular weight excluding hydrogens is 275 g/mol. The first-order chi connectivity index (χ1) is 7.26. The molecule has 1 rings (SSSR count). The Labute approximate surface area is 122 Å². The monoisotopic (exact) mass is 298 g/mol. The molecule has 0 spiro atoms. The summed E-state index contributed by atoms with van der Waals surface area (Å²) in [7, 11) is 0. The van der Waals surface area contributed by atoms with Crippen LogP contribution in [0.2, 0.25) is 0 Å². The summed E-state index contributed by atoms with van der Waals surface area (Å²) in [5.74, 6) is 0. The Hall–Kier alpha value is 0.200. The van der Waals surface area contributed by atoms with Crippen LogP contribution in [0.3, 0.4) is 0 Å². The molecule has 0 aromatic carbocycles. The van der Waals surface area contributed by atoms with E-state index in [1.165, 1.54) is 9.75 Å². The zero-order valence-electron chi connectivity index (χ0n) is 10.9. The van der Waals surface area contributed by atoms with Gasteiger partial charge in [0.05, 0.1) is 0 Å². The van der Waals surface area contributed by atoms with Gasteiger partial charge in [-0.05, 0) is 32.1 Å². The topological polar surface area (TPSA) is 15.3 Å². The summed E-state index contributed by atoms with van der Waals surface area (Å²) in [6.07, 6.45) is 0. The molecule has 0 amide bonds. The fraction of sp³-hybridized carbons (Fsp3) is 0.667. The normalized spacial score (nSPS) is 9.88. The third kappa shape index (κ3) is 8.01. The molecule has 1 heterocycles. The Balaban J connectivity index is 0. The highest BCUT2D eigenvalue weighted by Crippen LogP contribution is 2.14. The maximum Gasteiger partial charge on any atom is 0.0300 e. The second kappa shape index (κ2) is 11.3. The number of thiophene rings is 1. The van der Waals surface area contributed by atoms with Crippen molar-refractivity contribution in [1.29, 1.82) is 0 Å². The van der Waals surface area contributed by atoms with E-state index in [0.717, 1.165) is 32.7 Å². The number of halogens is 2. The number of nitrogens with zero attached hydrogens (tertiary/aromatic N) is 1. The first-order valence-corrected chi connectivity index (χ1v) is 6.56. The first-order valence-electron chi connectivity index (χ1n) is 5.74. The van der Waals surface area contributed by atoms with E-state index in [0.29, 0.717) is 0 Å². The maximum absolute atomic E-state index is 3.48. The Morgan fingerprint density at radius 2 is 1.82 bits per heavy atom. The Kier molecular flexibility index (Phi) is 13.0. The third-order valence-electron chi connectivity index (χ3n) is 2.59. The zero-order valence-corrected chi connectivity index (χ0v) is 13.3. The lowest BCUT2D eigenvalue weighted by atomic mass is 10.4. The van der Waals surface area contributed by atoms with Crippen molar-refractivity contribution < 1.29 is 0 Å². The molecule has 0 atom stereocenters. The molecule has 0 saturated heterocycles. The van der Waals surface area contributed by atoms with E-state index in [1.807, 2.05) is 11.3 Å². The van der Waals surface area contributed by atoms with E-state index in [4.69, 9.17) is 0 Å². The Morgan fingerprint density at radius 3 is 2.29 bits per heavy atom. The van der Waals surface area contributed by atoms with Crippen LogP contribution in [0.25, 0.3) is 0 Å². The van der Waals surface area contributed by atoms with Gasteiger partial charge in [0, 0.05) is 29.4 Å². The van der Waals surface area contributed by atoms with Crippen molar-refractivity contribution in [2.24, 2.45) is 0 Å². The van der Waals surface area contributed by atoms with Gasteiger partial charge in [-0.25, -0.2) is 0 Å². The minimum Gasteiger partial charge on any atom is -0.311 e. The van der Waals surface area contributed by atoms with E-state index in [-0.39, 0.29) is 24.8 Å². The van der Waals surface area contributed by atoms with E-state index >= 15 is 0 Å². The molecule has 102 valence electrons. The van der Waals surface area contributed by atoms with Crippen LogP contribution in [0.5, 0.6) is 0 Å². The van der Waals surface area contributed by atoms with Crippen molar-refractivity contribution in [3.05, 3.63) is 21.9 Å². The first kappa shape index (κ1) is 19.5. The van der Waals surface area contributed by atoms with Crippen LogP contribution in [-0.4, -0.2) is 31.1 Å². The van der Waals surface area contributed by atoms with Crippen LogP contribution in [0.1, 0.15) is 23.6 Å². The average molecular weight is 299 g/mol. The highest BCUT2D eigenvalue weighted by molar-refractivity contribution is 7.11. The fourth-order valence-electron chi connectivity index (χ4n) is 1.57. The van der Waals surface area contributed by atoms with Gasteiger partial charge in [0.25, 0.3) is 0 Å². The molecule has 2 nitrogen and oxygen atoms in total. The quantitative estimate of drug-likeness (QED) is 0.777. The number of aryl methyl sites for hydroxylation is 1. The predicted octanol–water partition coefficient (Wildman–Crippen LogP) is 3.33. The summed E-state index contributed by atoms with van der Waals surface area (Å²) >= 11 is 1.88. The van der Waals surface area contributed by atoms with Crippen molar-refractivity contribution in [3.8, 4) is 0 Å². The smallest absolute Gasteiger partial charge is 0.0300 e. The van der Waals surface area contributed by atoms with Crippen LogP contribution < -0.4 is 5.32 Å². The predicted molar refractivity (Wildman–Crippen MR) is 83.0 cm³/mol. The molecule has 1 N–H and O–H groups in total. The highest BCUT2D eigenvalue weighted by atomic mass is 35.5. The summed E-state index contributed by atoms with van der Waals surface area (Å²) in [6, 6.07) is 4.40. The summed E-state index contributed by atoms with van der Waals surface area (Å²) in [6.45, 7) is 12.1. The SMILES string of the molecule is CCN(CC)CCNCc1ccc(C)s1.Cl.Cl. The van der Waals surface area contributed by atoms with Crippen LogP contribution >= 0.6 is 36.2 Å². The van der Waals surface area contributed by atoms with Crippen LogP contribution in [0.15, 0.2) is 12.1 Å². The van der Waals surface area contributed by atoms with Gasteiger partial charge in [0.1, 0.15) is 0 Å². The summed E-state index contributed by atoms with van der Waals surface area (Å²) in [4.78, 5) is 5.27. The molecule has 0 aliphatic heterocycles. The van der Waals surface area contributed by atoms with E-state index < -0.39 is 0 Å². The van der Waals surface area contributed by atoms with Crippen molar-refractivity contribution in [2.45, 2.75) is 27.3 Å². The Morgan fingerprint density at radius 1 is 1.18 bits per heavy atom. The second-order valence-corrected chi connectivity index (χ2v) is 5.09. The Bertz CT molecular complexity index is 275. The van der Waals surface area contributed by atoms with E-state index in [2.05, 4.69) is 43.1 Å². The number of nitrogens with one attached hydrogen (secondary N) is 1. The van der Waals surface area contributed by atoms with E-state index in [1.54, 1.807) is 0 Å². The van der Waals surface area contributed by atoms with Gasteiger partial charge >= 0.3 is 0 Å². The molecule has 0 fully saturated rings. The van der Waals surface area contributed by atoms with Gasteiger partial charge in [0.15, 0.2) is 0 Å². The lowest BCUT2D eigenvalue weighted by molar-refractivity contribution is 0.302. The van der Waals surface area contributed by atoms with Gasteiger partial charge in [-0.2, -0.15) is 0 Å². The summed E-state index contributed by atoms with van der Waals surface area (Å²) in [5, 5.41) is 3.48. The highest BCUT2D eigenvalue weighted by Gasteiger charge is 1.99.